The lowest BCUT2D eigenvalue weighted by Crippen LogP contribution is -2.15. The number of rotatable bonds is 3. The molecule has 0 rings (SSSR count). The van der Waals surface area contributed by atoms with Crippen LogP contribution >= 0.6 is 0 Å². The summed E-state index contributed by atoms with van der Waals surface area (Å²) in [6.07, 6.45) is 0. The number of carboxylic acids is 1. The Morgan fingerprint density at radius 1 is 1.89 bits per heavy atom. The van der Waals surface area contributed by atoms with Gasteiger partial charge in [0, 0.05) is 0 Å². The lowest BCUT2D eigenvalue weighted by Gasteiger charge is -2.05. The van der Waals surface area contributed by atoms with Crippen LogP contribution in [0.2, 0.25) is 0 Å². The molecule has 0 saturated heterocycles. The van der Waals surface area contributed by atoms with Gasteiger partial charge < -0.3 is 9.94 Å². The summed E-state index contributed by atoms with van der Waals surface area (Å²) in [6, 6.07) is 0. The van der Waals surface area contributed by atoms with Crippen molar-refractivity contribution in [3.8, 4) is 0 Å². The quantitative estimate of drug-likeness (QED) is 0.421. The minimum Gasteiger partial charge on any atom is -0.481 e. The van der Waals surface area contributed by atoms with Crippen molar-refractivity contribution in [2.75, 3.05) is 0 Å². The van der Waals surface area contributed by atoms with Crippen molar-refractivity contribution in [3.05, 3.63) is 12.3 Å². The first-order valence-electron chi connectivity index (χ1n) is 2.38. The van der Waals surface area contributed by atoms with Crippen molar-refractivity contribution in [1.82, 2.24) is 0 Å². The fourth-order valence-corrected chi connectivity index (χ4v) is 0.240. The van der Waals surface area contributed by atoms with E-state index in [1.165, 1.54) is 6.92 Å². The van der Waals surface area contributed by atoms with Crippen molar-refractivity contribution >= 4 is 5.97 Å². The molecule has 0 spiro atoms. The van der Waals surface area contributed by atoms with Crippen LogP contribution in [0.5, 0.6) is 0 Å². The number of nitrogens with two attached hydrogens (primary N) is 1. The minimum atomic E-state index is -0.995. The highest BCUT2D eigenvalue weighted by molar-refractivity contribution is 5.72. The second-order valence-corrected chi connectivity index (χ2v) is 1.64. The lowest BCUT2D eigenvalue weighted by molar-refractivity contribution is -0.141. The SMILES string of the molecule is C=C(ON)[C@H](C)C(=O)O. The highest BCUT2D eigenvalue weighted by atomic mass is 16.6. The van der Waals surface area contributed by atoms with Gasteiger partial charge in [0.2, 0.25) is 0 Å². The van der Waals surface area contributed by atoms with Crippen molar-refractivity contribution in [1.29, 1.82) is 0 Å². The van der Waals surface area contributed by atoms with Crippen LogP contribution in [-0.2, 0) is 9.63 Å². The molecule has 0 aromatic carbocycles. The molecule has 0 heterocycles. The summed E-state index contributed by atoms with van der Waals surface area (Å²) in [6.45, 7) is 4.71. The standard InChI is InChI=1S/C5H9NO3/c1-3(5(7)8)4(2)9-6/h3H,2,6H2,1H3,(H,7,8)/t3-/m0/s1. The molecule has 4 heteroatoms. The molecular formula is C5H9NO3. The van der Waals surface area contributed by atoms with Gasteiger partial charge in [-0.2, -0.15) is 5.90 Å². The molecule has 0 aliphatic carbocycles. The van der Waals surface area contributed by atoms with E-state index >= 15 is 0 Å². The molecule has 0 radical (unpaired) electrons. The maximum absolute atomic E-state index is 10.1. The Labute approximate surface area is 52.9 Å². The first kappa shape index (κ1) is 7.97. The smallest absolute Gasteiger partial charge is 0.313 e. The summed E-state index contributed by atoms with van der Waals surface area (Å²) < 4.78 is 0. The summed E-state index contributed by atoms with van der Waals surface area (Å²) in [7, 11) is 0. The van der Waals surface area contributed by atoms with E-state index < -0.39 is 11.9 Å². The van der Waals surface area contributed by atoms with E-state index in [0.717, 1.165) is 0 Å². The first-order chi connectivity index (χ1) is 4.09. The lowest BCUT2D eigenvalue weighted by atomic mass is 10.1. The summed E-state index contributed by atoms with van der Waals surface area (Å²) >= 11 is 0. The Kier molecular flexibility index (Phi) is 2.73. The highest BCUT2D eigenvalue weighted by Crippen LogP contribution is 2.05. The van der Waals surface area contributed by atoms with Gasteiger partial charge in [0.05, 0.1) is 0 Å². The van der Waals surface area contributed by atoms with Gasteiger partial charge in [-0.15, -0.1) is 0 Å². The molecule has 1 atom stereocenters. The van der Waals surface area contributed by atoms with Gasteiger partial charge in [0.15, 0.2) is 0 Å². The van der Waals surface area contributed by atoms with Gasteiger partial charge >= 0.3 is 5.97 Å². The fraction of sp³-hybridized carbons (Fsp3) is 0.400. The van der Waals surface area contributed by atoms with Crippen LogP contribution in [0.15, 0.2) is 12.3 Å². The maximum Gasteiger partial charge on any atom is 0.313 e. The van der Waals surface area contributed by atoms with E-state index in [4.69, 9.17) is 5.11 Å². The highest BCUT2D eigenvalue weighted by Gasteiger charge is 2.14. The number of carbonyl (C=O) groups is 1. The van der Waals surface area contributed by atoms with Gasteiger partial charge in [0.1, 0.15) is 11.7 Å². The van der Waals surface area contributed by atoms with E-state index in [2.05, 4.69) is 17.3 Å². The second kappa shape index (κ2) is 3.09. The Bertz CT molecular complexity index is 132. The van der Waals surface area contributed by atoms with Crippen LogP contribution < -0.4 is 5.90 Å². The van der Waals surface area contributed by atoms with Gasteiger partial charge in [-0.1, -0.05) is 6.58 Å². The predicted molar refractivity (Wildman–Crippen MR) is 31.2 cm³/mol. The van der Waals surface area contributed by atoms with Crippen LogP contribution in [0.25, 0.3) is 0 Å². The molecule has 0 aromatic rings. The summed E-state index contributed by atoms with van der Waals surface area (Å²) in [4.78, 5) is 14.2. The zero-order chi connectivity index (χ0) is 7.44. The van der Waals surface area contributed by atoms with Gasteiger partial charge in [0.25, 0.3) is 0 Å². The molecule has 0 saturated carbocycles. The molecule has 0 bridgehead atoms. The Hall–Kier alpha value is -1.03. The summed E-state index contributed by atoms with van der Waals surface area (Å²) in [5.74, 6) is 2.97. The number of hydrogen-bond donors (Lipinski definition) is 2. The number of aliphatic carboxylic acids is 1. The predicted octanol–water partition coefficient (Wildman–Crippen LogP) is 0.111. The molecule has 0 aliphatic heterocycles. The molecule has 9 heavy (non-hydrogen) atoms. The van der Waals surface area contributed by atoms with Crippen LogP contribution in [0.1, 0.15) is 6.92 Å². The van der Waals surface area contributed by atoms with Crippen LogP contribution in [0, 0.1) is 5.92 Å². The number of hydrogen-bond acceptors (Lipinski definition) is 3. The molecule has 0 unspecified atom stereocenters. The van der Waals surface area contributed by atoms with Crippen molar-refractivity contribution in [3.63, 3.8) is 0 Å². The third-order valence-electron chi connectivity index (χ3n) is 1.00. The van der Waals surface area contributed by atoms with Gasteiger partial charge in [-0.25, -0.2) is 0 Å². The van der Waals surface area contributed by atoms with Crippen LogP contribution in [0.3, 0.4) is 0 Å². The molecule has 4 nitrogen and oxygen atoms in total. The average molecular weight is 131 g/mol. The zero-order valence-corrected chi connectivity index (χ0v) is 5.13. The largest absolute Gasteiger partial charge is 0.481 e. The van der Waals surface area contributed by atoms with Crippen molar-refractivity contribution in [2.24, 2.45) is 11.8 Å². The van der Waals surface area contributed by atoms with Crippen molar-refractivity contribution in [2.45, 2.75) is 6.92 Å². The van der Waals surface area contributed by atoms with Crippen LogP contribution in [0.4, 0.5) is 0 Å². The van der Waals surface area contributed by atoms with Crippen molar-refractivity contribution < 1.29 is 14.7 Å². The molecule has 0 amide bonds. The topological polar surface area (TPSA) is 72.5 Å². The molecule has 0 aliphatic rings. The second-order valence-electron chi connectivity index (χ2n) is 1.64. The molecule has 52 valence electrons. The van der Waals surface area contributed by atoms with E-state index in [-0.39, 0.29) is 5.76 Å². The Morgan fingerprint density at radius 3 is 2.44 bits per heavy atom. The molecule has 0 fully saturated rings. The Balaban J connectivity index is 3.88. The first-order valence-corrected chi connectivity index (χ1v) is 2.38. The third kappa shape index (κ3) is 2.14. The molecule has 0 aromatic heterocycles. The minimum absolute atomic E-state index is 0.0579. The molecule has 3 N–H and O–H groups in total. The van der Waals surface area contributed by atoms with Crippen LogP contribution in [-0.4, -0.2) is 11.1 Å². The van der Waals surface area contributed by atoms with E-state index in [9.17, 15) is 4.79 Å². The molecular weight excluding hydrogens is 122 g/mol. The van der Waals surface area contributed by atoms with E-state index in [0.29, 0.717) is 0 Å². The maximum atomic E-state index is 10.1. The summed E-state index contributed by atoms with van der Waals surface area (Å²) in [5, 5.41) is 8.29. The summed E-state index contributed by atoms with van der Waals surface area (Å²) in [5.41, 5.74) is 0. The van der Waals surface area contributed by atoms with E-state index in [1.54, 1.807) is 0 Å². The average Bonchev–Trinajstić information content (AvgIpc) is 1.84. The van der Waals surface area contributed by atoms with Gasteiger partial charge in [-0.3, -0.25) is 4.79 Å². The van der Waals surface area contributed by atoms with Gasteiger partial charge in [-0.05, 0) is 6.92 Å². The monoisotopic (exact) mass is 131 g/mol. The normalized spacial score (nSPS) is 12.2. The fourth-order valence-electron chi connectivity index (χ4n) is 0.240. The number of carboxylic acid groups (broad SMARTS) is 1. The Morgan fingerprint density at radius 2 is 2.33 bits per heavy atom. The third-order valence-corrected chi connectivity index (χ3v) is 1.00. The zero-order valence-electron chi connectivity index (χ0n) is 5.13. The van der Waals surface area contributed by atoms with E-state index in [1.807, 2.05) is 0 Å².